The number of phenols is 1. The van der Waals surface area contributed by atoms with Crippen LogP contribution in [0.5, 0.6) is 11.5 Å². The Hall–Kier alpha value is -2.69. The van der Waals surface area contributed by atoms with E-state index in [9.17, 15) is 18.3 Å². The van der Waals surface area contributed by atoms with Gasteiger partial charge in [-0.25, -0.2) is 0 Å². The fourth-order valence-corrected chi connectivity index (χ4v) is 5.18. The van der Waals surface area contributed by atoms with Crippen molar-refractivity contribution in [2.45, 2.75) is 57.0 Å². The van der Waals surface area contributed by atoms with Crippen LogP contribution in [-0.4, -0.2) is 18.4 Å². The first-order chi connectivity index (χ1) is 14.8. The smallest absolute Gasteiger partial charge is 0.389 e. The van der Waals surface area contributed by atoms with Gasteiger partial charge in [-0.2, -0.15) is 13.2 Å². The molecule has 0 fully saturated rings. The number of unbranched alkanes of at least 4 members (excludes halogenated alkanes) is 1. The molecule has 0 heterocycles. The topological polar surface area (TPSA) is 29.5 Å². The molecule has 5 heteroatoms. The van der Waals surface area contributed by atoms with E-state index in [1.807, 2.05) is 42.5 Å². The lowest BCUT2D eigenvalue weighted by Gasteiger charge is -2.33. The van der Waals surface area contributed by atoms with Gasteiger partial charge in [-0.15, -0.1) is 0 Å². The molecule has 1 aliphatic rings. The number of hydrogen-bond donors (Lipinski definition) is 1. The first-order valence-electron chi connectivity index (χ1n) is 10.8. The number of aromatic hydroxyl groups is 1. The van der Waals surface area contributed by atoms with Crippen molar-refractivity contribution in [1.82, 2.24) is 0 Å². The second-order valence-electron chi connectivity index (χ2n) is 8.43. The summed E-state index contributed by atoms with van der Waals surface area (Å²) in [5, 5.41) is 12.5. The third kappa shape index (κ3) is 3.75. The molecule has 1 aliphatic carbocycles. The molecule has 4 rings (SSSR count). The molecule has 0 saturated carbocycles. The van der Waals surface area contributed by atoms with Gasteiger partial charge in [0.25, 0.3) is 0 Å². The highest BCUT2D eigenvalue weighted by molar-refractivity contribution is 6.05. The Balaban J connectivity index is 1.95. The van der Waals surface area contributed by atoms with Crippen LogP contribution in [0.2, 0.25) is 0 Å². The molecule has 2 nitrogen and oxygen atoms in total. The van der Waals surface area contributed by atoms with Gasteiger partial charge < -0.3 is 9.84 Å². The van der Waals surface area contributed by atoms with E-state index >= 15 is 0 Å². The van der Waals surface area contributed by atoms with Crippen molar-refractivity contribution in [3.05, 3.63) is 59.7 Å². The Morgan fingerprint density at radius 3 is 2.39 bits per heavy atom. The molecule has 31 heavy (non-hydrogen) atoms. The number of fused-ring (bicyclic) bond motifs is 5. The SMILES string of the molecule is CCCCC1(CCCC(F)(F)F)c2ccccc2-c2c1cc(O)c1cc(OC)ccc21. The minimum absolute atomic E-state index is 0.0579. The number of methoxy groups -OCH3 is 1. The zero-order valence-electron chi connectivity index (χ0n) is 17.9. The van der Waals surface area contributed by atoms with Gasteiger partial charge in [0, 0.05) is 17.2 Å². The largest absolute Gasteiger partial charge is 0.507 e. The number of phenolic OH excluding ortho intramolecular Hbond substituents is 1. The Kier molecular flexibility index (Phi) is 5.63. The minimum Gasteiger partial charge on any atom is -0.507 e. The van der Waals surface area contributed by atoms with E-state index in [0.29, 0.717) is 17.6 Å². The third-order valence-electron chi connectivity index (χ3n) is 6.57. The van der Waals surface area contributed by atoms with Crippen LogP contribution in [0.1, 0.15) is 56.6 Å². The first-order valence-corrected chi connectivity index (χ1v) is 10.8. The highest BCUT2D eigenvalue weighted by atomic mass is 19.4. The number of hydrogen-bond acceptors (Lipinski definition) is 2. The first kappa shape index (κ1) is 21.5. The molecule has 1 unspecified atom stereocenters. The summed E-state index contributed by atoms with van der Waals surface area (Å²) in [5.41, 5.74) is 3.56. The third-order valence-corrected chi connectivity index (χ3v) is 6.57. The molecule has 3 aromatic carbocycles. The molecule has 0 radical (unpaired) electrons. The van der Waals surface area contributed by atoms with Crippen LogP contribution in [0.15, 0.2) is 48.5 Å². The van der Waals surface area contributed by atoms with Gasteiger partial charge in [-0.3, -0.25) is 0 Å². The summed E-state index contributed by atoms with van der Waals surface area (Å²) in [6.07, 6.45) is -1.90. The van der Waals surface area contributed by atoms with E-state index in [1.165, 1.54) is 0 Å². The molecule has 3 aromatic rings. The summed E-state index contributed by atoms with van der Waals surface area (Å²) in [5.74, 6) is 0.786. The van der Waals surface area contributed by atoms with E-state index in [2.05, 4.69) is 6.92 Å². The molecule has 1 N–H and O–H groups in total. The Morgan fingerprint density at radius 2 is 1.68 bits per heavy atom. The molecule has 0 aliphatic heterocycles. The quantitative estimate of drug-likeness (QED) is 0.417. The summed E-state index contributed by atoms with van der Waals surface area (Å²) in [6, 6.07) is 15.4. The van der Waals surface area contributed by atoms with Crippen LogP contribution in [0.25, 0.3) is 21.9 Å². The molecule has 0 amide bonds. The van der Waals surface area contributed by atoms with Gasteiger partial charge in [0.1, 0.15) is 11.5 Å². The number of benzene rings is 3. The van der Waals surface area contributed by atoms with Crippen molar-refractivity contribution in [1.29, 1.82) is 0 Å². The molecular weight excluding hydrogens is 401 g/mol. The lowest BCUT2D eigenvalue weighted by atomic mass is 9.70. The van der Waals surface area contributed by atoms with E-state index in [4.69, 9.17) is 4.74 Å². The van der Waals surface area contributed by atoms with Gasteiger partial charge in [0.2, 0.25) is 0 Å². The van der Waals surface area contributed by atoms with Gasteiger partial charge in [-0.1, -0.05) is 44.0 Å². The van der Waals surface area contributed by atoms with E-state index < -0.39 is 18.0 Å². The fraction of sp³-hybridized carbons (Fsp3) is 0.385. The van der Waals surface area contributed by atoms with Gasteiger partial charge in [0.05, 0.1) is 7.11 Å². The van der Waals surface area contributed by atoms with Crippen LogP contribution in [0, 0.1) is 0 Å². The second-order valence-corrected chi connectivity index (χ2v) is 8.43. The normalized spacial score (nSPS) is 17.6. The van der Waals surface area contributed by atoms with E-state index in [-0.39, 0.29) is 12.2 Å². The Bertz CT molecular complexity index is 1100. The maximum Gasteiger partial charge on any atom is 0.389 e. The van der Waals surface area contributed by atoms with Gasteiger partial charge in [-0.05, 0) is 71.2 Å². The molecule has 1 atom stereocenters. The van der Waals surface area contributed by atoms with Crippen molar-refractivity contribution >= 4 is 10.8 Å². The van der Waals surface area contributed by atoms with Crippen molar-refractivity contribution < 1.29 is 23.0 Å². The van der Waals surface area contributed by atoms with Crippen molar-refractivity contribution in [2.24, 2.45) is 0 Å². The lowest BCUT2D eigenvalue weighted by Crippen LogP contribution is -2.26. The molecule has 0 spiro atoms. The second kappa shape index (κ2) is 8.10. The zero-order chi connectivity index (χ0) is 22.2. The van der Waals surface area contributed by atoms with Crippen LogP contribution in [0.3, 0.4) is 0 Å². The number of halogens is 3. The number of ether oxygens (including phenoxy) is 1. The minimum atomic E-state index is -4.17. The van der Waals surface area contributed by atoms with Crippen LogP contribution < -0.4 is 4.74 Å². The van der Waals surface area contributed by atoms with Crippen molar-refractivity contribution in [3.8, 4) is 22.6 Å². The highest BCUT2D eigenvalue weighted by Gasteiger charge is 2.44. The maximum atomic E-state index is 13.0. The molecule has 0 saturated heterocycles. The molecule has 164 valence electrons. The van der Waals surface area contributed by atoms with Crippen LogP contribution in [0.4, 0.5) is 13.2 Å². The molecule has 0 bridgehead atoms. The summed E-state index contributed by atoms with van der Waals surface area (Å²) in [4.78, 5) is 0. The Labute approximate surface area is 180 Å². The van der Waals surface area contributed by atoms with Crippen molar-refractivity contribution in [3.63, 3.8) is 0 Å². The summed E-state index contributed by atoms with van der Waals surface area (Å²) < 4.78 is 44.3. The van der Waals surface area contributed by atoms with E-state index in [0.717, 1.165) is 46.9 Å². The average molecular weight is 428 g/mol. The monoisotopic (exact) mass is 428 g/mol. The van der Waals surface area contributed by atoms with Crippen molar-refractivity contribution in [2.75, 3.05) is 7.11 Å². The van der Waals surface area contributed by atoms with Gasteiger partial charge >= 0.3 is 6.18 Å². The van der Waals surface area contributed by atoms with Crippen LogP contribution in [-0.2, 0) is 5.41 Å². The summed E-state index contributed by atoms with van der Waals surface area (Å²) >= 11 is 0. The average Bonchev–Trinajstić information content (AvgIpc) is 3.01. The predicted octanol–water partition coefficient (Wildman–Crippen LogP) is 7.74. The molecule has 0 aromatic heterocycles. The fourth-order valence-electron chi connectivity index (χ4n) is 5.18. The summed E-state index contributed by atoms with van der Waals surface area (Å²) in [7, 11) is 1.58. The van der Waals surface area contributed by atoms with Gasteiger partial charge in [0.15, 0.2) is 0 Å². The highest BCUT2D eigenvalue weighted by Crippen LogP contribution is 2.57. The summed E-state index contributed by atoms with van der Waals surface area (Å²) in [6.45, 7) is 2.09. The number of rotatable bonds is 7. The zero-order valence-corrected chi connectivity index (χ0v) is 17.9. The standard InChI is InChI=1S/C26H27F3O2/c1-3-4-12-25(13-7-14-26(27,28)29)21-9-6-5-8-19(21)24-18-11-10-17(31-2)15-20(18)23(30)16-22(24)25/h5-6,8-11,15-16,30H,3-4,7,12-14H2,1-2H3. The maximum absolute atomic E-state index is 13.0. The lowest BCUT2D eigenvalue weighted by molar-refractivity contribution is -0.136. The molecular formula is C26H27F3O2. The predicted molar refractivity (Wildman–Crippen MR) is 118 cm³/mol. The van der Waals surface area contributed by atoms with Crippen LogP contribution >= 0.6 is 0 Å². The Morgan fingerprint density at radius 1 is 0.935 bits per heavy atom. The number of alkyl halides is 3. The van der Waals surface area contributed by atoms with E-state index in [1.54, 1.807) is 13.2 Å².